The van der Waals surface area contributed by atoms with Gasteiger partial charge < -0.3 is 9.30 Å². The number of hydrogen-bond acceptors (Lipinski definition) is 4. The molecule has 2 heterocycles. The molecule has 6 nitrogen and oxygen atoms in total. The summed E-state index contributed by atoms with van der Waals surface area (Å²) in [5, 5.41) is 13.1. The molecule has 0 fully saturated rings. The highest BCUT2D eigenvalue weighted by Gasteiger charge is 2.12. The average Bonchev–Trinajstić information content (AvgIpc) is 3.27. The minimum Gasteiger partial charge on any atom is -0.492 e. The molecule has 0 amide bonds. The number of aromatic nitrogens is 4. The Morgan fingerprint density at radius 3 is 2.67 bits per heavy atom. The number of benzene rings is 2. The van der Waals surface area contributed by atoms with Gasteiger partial charge in [0.15, 0.2) is 0 Å². The van der Waals surface area contributed by atoms with E-state index in [-0.39, 0.29) is 0 Å². The van der Waals surface area contributed by atoms with Gasteiger partial charge in [0, 0.05) is 22.2 Å². The molecule has 0 bridgehead atoms. The fourth-order valence-electron chi connectivity index (χ4n) is 3.25. The molecule has 2 aromatic carbocycles. The standard InChI is InChI=1S/C21H21N5O/c1-16-6-5-7-18(12-16)27-11-10-26-17(2)20(13-24-25-14-22-23-15-25)19-8-3-4-9-21(19)26/h3-9,12-15H,10-11H2,1-2H3. The number of fused-ring (bicyclic) bond motifs is 1. The molecule has 136 valence electrons. The maximum Gasteiger partial charge on any atom is 0.141 e. The number of para-hydroxylation sites is 1. The van der Waals surface area contributed by atoms with Gasteiger partial charge in [-0.05, 0) is 37.6 Å². The van der Waals surface area contributed by atoms with Crippen molar-refractivity contribution in [3.05, 3.63) is 78.0 Å². The lowest BCUT2D eigenvalue weighted by Gasteiger charge is -2.11. The van der Waals surface area contributed by atoms with Crippen molar-refractivity contribution in [3.63, 3.8) is 0 Å². The Labute approximate surface area is 157 Å². The Bertz CT molecular complexity index is 1080. The lowest BCUT2D eigenvalue weighted by Crippen LogP contribution is -2.09. The first-order valence-corrected chi connectivity index (χ1v) is 8.88. The van der Waals surface area contributed by atoms with Crippen LogP contribution in [0.4, 0.5) is 0 Å². The van der Waals surface area contributed by atoms with Crippen LogP contribution >= 0.6 is 0 Å². The van der Waals surface area contributed by atoms with Crippen LogP contribution in [0.5, 0.6) is 5.75 Å². The molecular weight excluding hydrogens is 338 g/mol. The molecule has 4 rings (SSSR count). The molecule has 0 spiro atoms. The van der Waals surface area contributed by atoms with Crippen molar-refractivity contribution in [2.24, 2.45) is 5.10 Å². The highest BCUT2D eigenvalue weighted by molar-refractivity contribution is 6.01. The summed E-state index contributed by atoms with van der Waals surface area (Å²) < 4.78 is 9.81. The van der Waals surface area contributed by atoms with Gasteiger partial charge in [0.05, 0.1) is 12.8 Å². The number of hydrogen-bond donors (Lipinski definition) is 0. The fourth-order valence-corrected chi connectivity index (χ4v) is 3.25. The molecule has 0 aliphatic heterocycles. The number of aryl methyl sites for hydroxylation is 1. The van der Waals surface area contributed by atoms with Gasteiger partial charge in [-0.15, -0.1) is 10.2 Å². The van der Waals surface area contributed by atoms with Crippen LogP contribution in [0.15, 0.2) is 66.3 Å². The molecule has 0 aliphatic carbocycles. The molecule has 0 aliphatic rings. The lowest BCUT2D eigenvalue weighted by atomic mass is 10.1. The third-order valence-corrected chi connectivity index (χ3v) is 4.58. The fraction of sp³-hybridized carbons (Fsp3) is 0.190. The molecule has 0 radical (unpaired) electrons. The summed E-state index contributed by atoms with van der Waals surface area (Å²) in [6.07, 6.45) is 5.00. The van der Waals surface area contributed by atoms with Crippen LogP contribution in [0.25, 0.3) is 10.9 Å². The van der Waals surface area contributed by atoms with E-state index in [1.54, 1.807) is 17.3 Å². The van der Waals surface area contributed by atoms with Gasteiger partial charge in [0.1, 0.15) is 25.0 Å². The maximum atomic E-state index is 5.95. The highest BCUT2D eigenvalue weighted by Crippen LogP contribution is 2.24. The van der Waals surface area contributed by atoms with Gasteiger partial charge >= 0.3 is 0 Å². The third-order valence-electron chi connectivity index (χ3n) is 4.58. The van der Waals surface area contributed by atoms with Crippen LogP contribution in [0, 0.1) is 13.8 Å². The van der Waals surface area contributed by atoms with Crippen LogP contribution in [-0.4, -0.2) is 32.3 Å². The summed E-state index contributed by atoms with van der Waals surface area (Å²) >= 11 is 0. The molecule has 0 saturated carbocycles. The van der Waals surface area contributed by atoms with Crippen molar-refractivity contribution in [1.29, 1.82) is 0 Å². The summed E-state index contributed by atoms with van der Waals surface area (Å²) in [4.78, 5) is 0. The first kappa shape index (κ1) is 17.0. The predicted octanol–water partition coefficient (Wildman–Crippen LogP) is 3.81. The summed E-state index contributed by atoms with van der Waals surface area (Å²) in [6.45, 7) is 5.55. The van der Waals surface area contributed by atoms with E-state index < -0.39 is 0 Å². The summed E-state index contributed by atoms with van der Waals surface area (Å²) in [7, 11) is 0. The minimum absolute atomic E-state index is 0.602. The Morgan fingerprint density at radius 1 is 1.04 bits per heavy atom. The van der Waals surface area contributed by atoms with Gasteiger partial charge in [-0.3, -0.25) is 0 Å². The van der Waals surface area contributed by atoms with Crippen molar-refractivity contribution in [1.82, 2.24) is 19.4 Å². The van der Waals surface area contributed by atoms with Gasteiger partial charge in [0.25, 0.3) is 0 Å². The first-order chi connectivity index (χ1) is 13.2. The second-order valence-electron chi connectivity index (χ2n) is 6.42. The van der Waals surface area contributed by atoms with Crippen LogP contribution in [0.1, 0.15) is 16.8 Å². The van der Waals surface area contributed by atoms with Gasteiger partial charge in [-0.1, -0.05) is 30.3 Å². The second-order valence-corrected chi connectivity index (χ2v) is 6.42. The average molecular weight is 359 g/mol. The van der Waals surface area contributed by atoms with Crippen molar-refractivity contribution < 1.29 is 4.74 Å². The Balaban J connectivity index is 1.59. The molecule has 0 atom stereocenters. The Morgan fingerprint density at radius 2 is 1.85 bits per heavy atom. The normalized spacial score (nSPS) is 11.5. The Kier molecular flexibility index (Phi) is 4.70. The van der Waals surface area contributed by atoms with Crippen molar-refractivity contribution >= 4 is 17.1 Å². The minimum atomic E-state index is 0.602. The van der Waals surface area contributed by atoms with Gasteiger partial charge in [-0.25, -0.2) is 4.68 Å². The molecule has 2 aromatic heterocycles. The maximum absolute atomic E-state index is 5.95. The van der Waals surface area contributed by atoms with Crippen molar-refractivity contribution in [3.8, 4) is 5.75 Å². The first-order valence-electron chi connectivity index (χ1n) is 8.88. The van der Waals surface area contributed by atoms with E-state index in [1.165, 1.54) is 16.5 Å². The van der Waals surface area contributed by atoms with Gasteiger partial charge in [-0.2, -0.15) is 5.10 Å². The lowest BCUT2D eigenvalue weighted by molar-refractivity contribution is 0.299. The molecular formula is C21H21N5O. The number of nitrogens with zero attached hydrogens (tertiary/aromatic N) is 5. The second kappa shape index (κ2) is 7.45. The molecule has 0 N–H and O–H groups in total. The van der Waals surface area contributed by atoms with E-state index in [4.69, 9.17) is 4.74 Å². The van der Waals surface area contributed by atoms with E-state index in [9.17, 15) is 0 Å². The molecule has 27 heavy (non-hydrogen) atoms. The topological polar surface area (TPSA) is 57.2 Å². The third kappa shape index (κ3) is 3.60. The zero-order valence-corrected chi connectivity index (χ0v) is 15.4. The zero-order chi connectivity index (χ0) is 18.6. The Hall–Kier alpha value is -3.41. The summed E-state index contributed by atoms with van der Waals surface area (Å²) in [5.41, 5.74) is 4.62. The SMILES string of the molecule is Cc1cccc(OCCn2c(C)c(C=Nn3cnnc3)c3ccccc32)c1. The molecule has 0 saturated heterocycles. The monoisotopic (exact) mass is 359 g/mol. The van der Waals surface area contributed by atoms with E-state index in [0.29, 0.717) is 6.61 Å². The van der Waals surface area contributed by atoms with Crippen LogP contribution in [0.2, 0.25) is 0 Å². The number of ether oxygens (including phenoxy) is 1. The summed E-state index contributed by atoms with van der Waals surface area (Å²) in [6, 6.07) is 16.5. The predicted molar refractivity (Wildman–Crippen MR) is 106 cm³/mol. The highest BCUT2D eigenvalue weighted by atomic mass is 16.5. The van der Waals surface area contributed by atoms with Crippen LogP contribution < -0.4 is 4.74 Å². The smallest absolute Gasteiger partial charge is 0.141 e. The van der Waals surface area contributed by atoms with E-state index >= 15 is 0 Å². The summed E-state index contributed by atoms with van der Waals surface area (Å²) in [5.74, 6) is 0.901. The molecule has 4 aromatic rings. The van der Waals surface area contributed by atoms with Crippen LogP contribution in [0.3, 0.4) is 0 Å². The van der Waals surface area contributed by atoms with E-state index in [2.05, 4.69) is 64.0 Å². The van der Waals surface area contributed by atoms with Crippen molar-refractivity contribution in [2.45, 2.75) is 20.4 Å². The van der Waals surface area contributed by atoms with Crippen molar-refractivity contribution in [2.75, 3.05) is 6.61 Å². The molecule has 6 heteroatoms. The largest absolute Gasteiger partial charge is 0.492 e. The zero-order valence-electron chi connectivity index (χ0n) is 15.4. The number of rotatable bonds is 6. The van der Waals surface area contributed by atoms with E-state index in [0.717, 1.165) is 23.6 Å². The van der Waals surface area contributed by atoms with Crippen LogP contribution in [-0.2, 0) is 6.54 Å². The quantitative estimate of drug-likeness (QED) is 0.492. The van der Waals surface area contributed by atoms with E-state index in [1.807, 2.05) is 24.4 Å². The van der Waals surface area contributed by atoms with Gasteiger partial charge in [0.2, 0.25) is 0 Å². The molecule has 0 unspecified atom stereocenters.